The number of H-pyrrole nitrogens is 1. The molecule has 1 amide bonds. The van der Waals surface area contributed by atoms with E-state index in [0.717, 1.165) is 12.0 Å². The number of aryl methyl sites for hydroxylation is 1. The SMILES string of the molecule is CC(C)OC(=O)CCC/C=C\C[C@@H]1[C@@H](CC[C@@H](O)CCc2ccccc2)[C@H](OC(=O)C(Cc2c[nH]cn2)NC(=O)C(C)N)C[C@@H]1O. The number of aromatic nitrogens is 2. The highest BCUT2D eigenvalue weighted by molar-refractivity contribution is 5.87. The highest BCUT2D eigenvalue weighted by atomic mass is 16.5. The molecule has 6 N–H and O–H groups in total. The van der Waals surface area contributed by atoms with Crippen LogP contribution < -0.4 is 11.1 Å². The topological polar surface area (TPSA) is 177 Å². The van der Waals surface area contributed by atoms with Gasteiger partial charge in [-0.3, -0.25) is 9.59 Å². The molecule has 0 aliphatic heterocycles. The summed E-state index contributed by atoms with van der Waals surface area (Å²) in [5, 5.41) is 24.7. The van der Waals surface area contributed by atoms with E-state index in [0.29, 0.717) is 50.6 Å². The van der Waals surface area contributed by atoms with Gasteiger partial charge in [0.05, 0.1) is 36.4 Å². The minimum Gasteiger partial charge on any atom is -0.463 e. The first-order valence-electron chi connectivity index (χ1n) is 16.5. The predicted molar refractivity (Wildman–Crippen MR) is 174 cm³/mol. The van der Waals surface area contributed by atoms with Crippen LogP contribution in [0.2, 0.25) is 0 Å². The first-order chi connectivity index (χ1) is 22.0. The zero-order valence-corrected chi connectivity index (χ0v) is 27.3. The third-order valence-corrected chi connectivity index (χ3v) is 8.38. The molecule has 11 heteroatoms. The lowest BCUT2D eigenvalue weighted by Crippen LogP contribution is -2.49. The summed E-state index contributed by atoms with van der Waals surface area (Å²) in [5.41, 5.74) is 7.48. The van der Waals surface area contributed by atoms with Gasteiger partial charge in [-0.25, -0.2) is 9.78 Å². The highest BCUT2D eigenvalue weighted by Gasteiger charge is 2.44. The summed E-state index contributed by atoms with van der Waals surface area (Å²) in [6.45, 7) is 5.18. The summed E-state index contributed by atoms with van der Waals surface area (Å²) < 4.78 is 11.2. The Morgan fingerprint density at radius 2 is 1.89 bits per heavy atom. The number of esters is 2. The van der Waals surface area contributed by atoms with E-state index < -0.39 is 42.3 Å². The van der Waals surface area contributed by atoms with Gasteiger partial charge < -0.3 is 35.7 Å². The van der Waals surface area contributed by atoms with Gasteiger partial charge in [-0.1, -0.05) is 42.5 Å². The maximum atomic E-state index is 13.5. The summed E-state index contributed by atoms with van der Waals surface area (Å²) in [7, 11) is 0. The Labute approximate surface area is 272 Å². The van der Waals surface area contributed by atoms with E-state index in [9.17, 15) is 24.6 Å². The van der Waals surface area contributed by atoms with Gasteiger partial charge in [0.25, 0.3) is 0 Å². The van der Waals surface area contributed by atoms with E-state index in [2.05, 4.69) is 15.3 Å². The number of ether oxygens (including phenoxy) is 2. The van der Waals surface area contributed by atoms with Crippen LogP contribution >= 0.6 is 0 Å². The van der Waals surface area contributed by atoms with E-state index in [-0.39, 0.29) is 36.8 Å². The number of carbonyl (C=O) groups excluding carboxylic acids is 3. The molecule has 0 radical (unpaired) electrons. The highest BCUT2D eigenvalue weighted by Crippen LogP contribution is 2.40. The average molecular weight is 641 g/mol. The Hall–Kier alpha value is -3.54. The molecule has 1 fully saturated rings. The lowest BCUT2D eigenvalue weighted by Gasteiger charge is -2.27. The van der Waals surface area contributed by atoms with Gasteiger partial charge in [-0.05, 0) is 77.2 Å². The third kappa shape index (κ3) is 12.7. The number of nitrogens with two attached hydrogens (primary N) is 1. The van der Waals surface area contributed by atoms with Crippen LogP contribution in [-0.4, -0.2) is 74.5 Å². The molecular formula is C35H52N4O7. The molecule has 1 aliphatic carbocycles. The van der Waals surface area contributed by atoms with Crippen LogP contribution in [0.3, 0.4) is 0 Å². The molecule has 46 heavy (non-hydrogen) atoms. The van der Waals surface area contributed by atoms with Crippen molar-refractivity contribution in [1.29, 1.82) is 0 Å². The Balaban J connectivity index is 1.66. The number of unbranched alkanes of at least 4 members (excludes halogenated alkanes) is 1. The molecule has 11 nitrogen and oxygen atoms in total. The number of aliphatic hydroxyl groups is 2. The first-order valence-corrected chi connectivity index (χ1v) is 16.5. The molecule has 254 valence electrons. The van der Waals surface area contributed by atoms with Crippen LogP contribution in [0, 0.1) is 11.8 Å². The van der Waals surface area contributed by atoms with Crippen molar-refractivity contribution in [2.75, 3.05) is 0 Å². The van der Waals surface area contributed by atoms with Crippen LogP contribution in [0.5, 0.6) is 0 Å². The number of benzene rings is 1. The van der Waals surface area contributed by atoms with Crippen LogP contribution in [0.15, 0.2) is 55.0 Å². The number of nitrogens with zero attached hydrogens (tertiary/aromatic N) is 1. The molecule has 2 unspecified atom stereocenters. The molecule has 0 saturated heterocycles. The lowest BCUT2D eigenvalue weighted by molar-refractivity contribution is -0.155. The molecule has 1 aliphatic rings. The fourth-order valence-corrected chi connectivity index (χ4v) is 5.92. The minimum atomic E-state index is -1.00. The Kier molecular flexibility index (Phi) is 15.4. The van der Waals surface area contributed by atoms with Crippen molar-refractivity contribution in [3.05, 3.63) is 66.3 Å². The second-order valence-electron chi connectivity index (χ2n) is 12.6. The van der Waals surface area contributed by atoms with Crippen molar-refractivity contribution < 1.29 is 34.1 Å². The van der Waals surface area contributed by atoms with E-state index in [1.165, 1.54) is 13.3 Å². The van der Waals surface area contributed by atoms with Crippen molar-refractivity contribution in [2.24, 2.45) is 17.6 Å². The quantitative estimate of drug-likeness (QED) is 0.0873. The van der Waals surface area contributed by atoms with Crippen LogP contribution in [0.25, 0.3) is 0 Å². The van der Waals surface area contributed by atoms with Gasteiger partial charge in [-0.15, -0.1) is 0 Å². The number of aliphatic hydroxyl groups excluding tert-OH is 2. The van der Waals surface area contributed by atoms with Crippen molar-refractivity contribution in [3.8, 4) is 0 Å². The van der Waals surface area contributed by atoms with Crippen molar-refractivity contribution in [3.63, 3.8) is 0 Å². The van der Waals surface area contributed by atoms with Crippen molar-refractivity contribution in [2.45, 2.75) is 121 Å². The Bertz CT molecular complexity index is 1220. The molecule has 2 aromatic rings. The van der Waals surface area contributed by atoms with Gasteiger partial charge in [0.1, 0.15) is 12.1 Å². The number of nitrogens with one attached hydrogen (secondary N) is 2. The molecule has 1 aromatic carbocycles. The number of imidazole rings is 1. The van der Waals surface area contributed by atoms with Gasteiger partial charge >= 0.3 is 11.9 Å². The Morgan fingerprint density at radius 3 is 2.57 bits per heavy atom. The van der Waals surface area contributed by atoms with Crippen molar-refractivity contribution >= 4 is 17.8 Å². The maximum Gasteiger partial charge on any atom is 0.329 e. The summed E-state index contributed by atoms with van der Waals surface area (Å²) in [5.74, 6) is -1.71. The molecular weight excluding hydrogens is 588 g/mol. The largest absolute Gasteiger partial charge is 0.463 e. The van der Waals surface area contributed by atoms with Crippen LogP contribution in [-0.2, 0) is 36.7 Å². The Morgan fingerprint density at radius 1 is 1.13 bits per heavy atom. The molecule has 1 aromatic heterocycles. The standard InChI is InChI=1S/C35H52N4O7/c1-23(2)45-33(42)14-10-5-4-9-13-28-29(18-17-27(40)16-15-25-11-7-6-8-12-25)32(20-31(28)41)46-35(44)30(39-34(43)24(3)36)19-26-21-37-22-38-26/h4,6-9,11-12,21-24,27-32,40-41H,5,10,13-20,36H2,1-3H3,(H,37,38)(H,39,43)/b9-4-/t24?,27-,28+,29+,30?,31-,32+/m0/s1. The van der Waals surface area contributed by atoms with Gasteiger partial charge in [0.15, 0.2) is 0 Å². The van der Waals surface area contributed by atoms with Crippen LogP contribution in [0.4, 0.5) is 0 Å². The lowest BCUT2D eigenvalue weighted by atomic mass is 9.85. The van der Waals surface area contributed by atoms with Gasteiger partial charge in [0, 0.05) is 31.4 Å². The van der Waals surface area contributed by atoms with E-state index >= 15 is 0 Å². The van der Waals surface area contributed by atoms with E-state index in [4.69, 9.17) is 15.2 Å². The number of hydrogen-bond acceptors (Lipinski definition) is 9. The average Bonchev–Trinajstić information content (AvgIpc) is 3.63. The molecule has 0 bridgehead atoms. The summed E-state index contributed by atoms with van der Waals surface area (Å²) in [4.78, 5) is 44.8. The smallest absolute Gasteiger partial charge is 0.329 e. The zero-order valence-electron chi connectivity index (χ0n) is 27.3. The zero-order chi connectivity index (χ0) is 33.5. The second-order valence-corrected chi connectivity index (χ2v) is 12.6. The summed E-state index contributed by atoms with van der Waals surface area (Å²) >= 11 is 0. The second kappa shape index (κ2) is 19.2. The van der Waals surface area contributed by atoms with Gasteiger partial charge in [-0.2, -0.15) is 0 Å². The van der Waals surface area contributed by atoms with Crippen LogP contribution in [0.1, 0.15) is 83.4 Å². The fourth-order valence-electron chi connectivity index (χ4n) is 5.92. The third-order valence-electron chi connectivity index (χ3n) is 8.38. The molecule has 0 spiro atoms. The normalized spacial score (nSPS) is 21.6. The molecule has 7 atom stereocenters. The van der Waals surface area contributed by atoms with E-state index in [1.807, 2.05) is 56.3 Å². The molecule has 1 heterocycles. The van der Waals surface area contributed by atoms with E-state index in [1.54, 1.807) is 6.20 Å². The molecule has 1 saturated carbocycles. The number of amides is 1. The minimum absolute atomic E-state index is 0.121. The fraction of sp³-hybridized carbons (Fsp3) is 0.600. The number of rotatable bonds is 19. The monoisotopic (exact) mass is 640 g/mol. The first kappa shape index (κ1) is 36.9. The predicted octanol–water partition coefficient (Wildman–Crippen LogP) is 3.54. The van der Waals surface area contributed by atoms with Crippen molar-refractivity contribution in [1.82, 2.24) is 15.3 Å². The number of carbonyl (C=O) groups is 3. The number of allylic oxidation sites excluding steroid dienone is 2. The summed E-state index contributed by atoms with van der Waals surface area (Å²) in [6.07, 6.45) is 10.2. The number of hydrogen-bond donors (Lipinski definition) is 5. The van der Waals surface area contributed by atoms with Gasteiger partial charge in [0.2, 0.25) is 5.91 Å². The number of aromatic amines is 1. The molecule has 3 rings (SSSR count). The maximum absolute atomic E-state index is 13.5. The summed E-state index contributed by atoms with van der Waals surface area (Å²) in [6, 6.07) is 8.17.